The van der Waals surface area contributed by atoms with E-state index in [-0.39, 0.29) is 23.1 Å². The number of aryl methyl sites for hydroxylation is 1. The lowest BCUT2D eigenvalue weighted by Crippen LogP contribution is -2.48. The highest BCUT2D eigenvalue weighted by Gasteiger charge is 2.32. The van der Waals surface area contributed by atoms with Gasteiger partial charge in [0.15, 0.2) is 0 Å². The highest BCUT2D eigenvalue weighted by atomic mass is 19.4. The van der Waals surface area contributed by atoms with Crippen molar-refractivity contribution in [2.45, 2.75) is 26.1 Å². The summed E-state index contributed by atoms with van der Waals surface area (Å²) in [6.07, 6.45) is -2.22. The van der Waals surface area contributed by atoms with Crippen LogP contribution in [-0.4, -0.2) is 71.1 Å². The minimum absolute atomic E-state index is 0.0264. The second kappa shape index (κ2) is 15.1. The Labute approximate surface area is 293 Å². The van der Waals surface area contributed by atoms with Gasteiger partial charge in [0.05, 0.1) is 42.2 Å². The zero-order chi connectivity index (χ0) is 36.1. The number of anilines is 1. The van der Waals surface area contributed by atoms with Crippen molar-refractivity contribution in [1.29, 1.82) is 0 Å². The number of hydrogen-bond acceptors (Lipinski definition) is 7. The molecule has 1 fully saturated rings. The summed E-state index contributed by atoms with van der Waals surface area (Å²) >= 11 is 0. The first-order valence-electron chi connectivity index (χ1n) is 16.6. The third kappa shape index (κ3) is 8.26. The van der Waals surface area contributed by atoms with Crippen LogP contribution in [-0.2, 0) is 19.8 Å². The van der Waals surface area contributed by atoms with E-state index in [1.807, 2.05) is 46.8 Å². The highest BCUT2D eigenvalue weighted by molar-refractivity contribution is 6.06. The Morgan fingerprint density at radius 1 is 0.902 bits per heavy atom. The third-order valence-corrected chi connectivity index (χ3v) is 8.69. The molecule has 51 heavy (non-hydrogen) atoms. The van der Waals surface area contributed by atoms with Crippen LogP contribution in [0.2, 0.25) is 0 Å². The first kappa shape index (κ1) is 35.3. The summed E-state index contributed by atoms with van der Waals surface area (Å²) in [5.74, 6) is 0.746. The third-order valence-electron chi connectivity index (χ3n) is 8.69. The smallest absolute Gasteiger partial charge is 0.416 e. The van der Waals surface area contributed by atoms with Crippen molar-refractivity contribution in [3.63, 3.8) is 0 Å². The van der Waals surface area contributed by atoms with Gasteiger partial charge in [-0.25, -0.2) is 4.98 Å². The molecule has 13 heteroatoms. The number of nitrogens with zero attached hydrogens (tertiary/aromatic N) is 4. The number of ether oxygens (including phenoxy) is 3. The van der Waals surface area contributed by atoms with Gasteiger partial charge in [-0.05, 0) is 66.6 Å². The Balaban J connectivity index is 1.05. The number of fused-ring (bicyclic) bond motifs is 1. The monoisotopic (exact) mass is 701 g/mol. The number of piperazine rings is 1. The summed E-state index contributed by atoms with van der Waals surface area (Å²) in [6.45, 7) is 6.42. The van der Waals surface area contributed by atoms with E-state index in [4.69, 9.17) is 14.2 Å². The van der Waals surface area contributed by atoms with Crippen LogP contribution in [0.3, 0.4) is 0 Å². The van der Waals surface area contributed by atoms with E-state index in [1.54, 1.807) is 18.2 Å². The lowest BCUT2D eigenvalue weighted by atomic mass is 10.1. The maximum absolute atomic E-state index is 13.6. The normalized spacial score (nSPS) is 13.6. The van der Waals surface area contributed by atoms with Gasteiger partial charge in [-0.3, -0.25) is 14.5 Å². The molecule has 3 heterocycles. The molecule has 1 saturated heterocycles. The molecule has 1 aliphatic rings. The fourth-order valence-corrected chi connectivity index (χ4v) is 5.91. The molecular weight excluding hydrogens is 663 g/mol. The van der Waals surface area contributed by atoms with Gasteiger partial charge in [-0.2, -0.15) is 13.2 Å². The molecule has 0 spiro atoms. The molecule has 0 atom stereocenters. The van der Waals surface area contributed by atoms with Gasteiger partial charge >= 0.3 is 6.18 Å². The number of pyridine rings is 1. The topological polar surface area (TPSA) is 98.2 Å². The second-order valence-corrected chi connectivity index (χ2v) is 12.2. The number of rotatable bonds is 11. The van der Waals surface area contributed by atoms with Crippen molar-refractivity contribution < 1.29 is 37.0 Å². The van der Waals surface area contributed by atoms with Gasteiger partial charge in [0, 0.05) is 57.3 Å². The maximum Gasteiger partial charge on any atom is 0.416 e. The number of hydrogen-bond donors (Lipinski definition) is 1. The quantitative estimate of drug-likeness (QED) is 0.153. The summed E-state index contributed by atoms with van der Waals surface area (Å²) in [5.41, 5.74) is 1.94. The minimum Gasteiger partial charge on any atom is -0.496 e. The fraction of sp³-hybridized carbons (Fsp3) is 0.289. The van der Waals surface area contributed by atoms with E-state index in [1.165, 1.54) is 18.9 Å². The fourth-order valence-electron chi connectivity index (χ4n) is 5.91. The summed E-state index contributed by atoms with van der Waals surface area (Å²) < 4.78 is 57.7. The Bertz CT molecular complexity index is 2000. The first-order valence-corrected chi connectivity index (χ1v) is 16.6. The average molecular weight is 702 g/mol. The Kier molecular flexibility index (Phi) is 10.5. The number of benzene rings is 3. The Morgan fingerprint density at radius 3 is 2.31 bits per heavy atom. The van der Waals surface area contributed by atoms with Crippen LogP contribution >= 0.6 is 0 Å². The van der Waals surface area contributed by atoms with Gasteiger partial charge in [0.2, 0.25) is 5.88 Å². The SMILES string of the molecule is CCCOc1ccc(CN2CCN(C(=O)c3cc4ccc(Oc5ccc(NC(=O)c6ccc(C(F)(F)F)cc6OC)cn5)cc4n3C)CC2)cc1. The summed E-state index contributed by atoms with van der Waals surface area (Å²) in [6, 6.07) is 21.4. The van der Waals surface area contributed by atoms with Gasteiger partial charge in [0.25, 0.3) is 11.8 Å². The minimum atomic E-state index is -4.57. The van der Waals surface area contributed by atoms with Crippen LogP contribution in [0, 0.1) is 0 Å². The van der Waals surface area contributed by atoms with Gasteiger partial charge in [-0.15, -0.1) is 0 Å². The number of alkyl halides is 3. The van der Waals surface area contributed by atoms with Crippen LogP contribution < -0.4 is 19.5 Å². The molecule has 5 aromatic rings. The van der Waals surface area contributed by atoms with Crippen molar-refractivity contribution in [3.8, 4) is 23.1 Å². The number of carbonyl (C=O) groups excluding carboxylic acids is 2. The molecular formula is C38H38F3N5O5. The number of carbonyl (C=O) groups is 2. The molecule has 2 aromatic heterocycles. The second-order valence-electron chi connectivity index (χ2n) is 12.2. The number of aromatic nitrogens is 2. The highest BCUT2D eigenvalue weighted by Crippen LogP contribution is 2.34. The number of amides is 2. The Hall–Kier alpha value is -5.56. The zero-order valence-electron chi connectivity index (χ0n) is 28.5. The molecule has 10 nitrogen and oxygen atoms in total. The van der Waals surface area contributed by atoms with Crippen molar-refractivity contribution in [2.24, 2.45) is 7.05 Å². The number of halogens is 3. The zero-order valence-corrected chi connectivity index (χ0v) is 28.5. The standard InChI is InChI=1S/C38H38F3N5O5/c1-4-19-50-29-10-5-25(6-11-29)24-45-15-17-46(18-16-45)37(48)33-20-26-7-12-30(22-32(26)44(33)2)51-35-14-9-28(23-42-35)43-36(47)31-13-8-27(38(39,40)41)21-34(31)49-3/h5-14,20-23H,4,15-19,24H2,1-3H3,(H,43,47). The first-order chi connectivity index (χ1) is 24.5. The summed E-state index contributed by atoms with van der Waals surface area (Å²) in [4.78, 5) is 34.9. The van der Waals surface area contributed by atoms with Crippen LogP contribution in [0.15, 0.2) is 85.1 Å². The lowest BCUT2D eigenvalue weighted by Gasteiger charge is -2.34. The molecule has 0 unspecified atom stereocenters. The van der Waals surface area contributed by atoms with E-state index >= 15 is 0 Å². The van der Waals surface area contributed by atoms with Crippen molar-refractivity contribution in [1.82, 2.24) is 19.4 Å². The van der Waals surface area contributed by atoms with Crippen molar-refractivity contribution in [2.75, 3.05) is 45.2 Å². The van der Waals surface area contributed by atoms with Crippen LogP contribution in [0.1, 0.15) is 45.3 Å². The van der Waals surface area contributed by atoms with Crippen LogP contribution in [0.4, 0.5) is 18.9 Å². The van der Waals surface area contributed by atoms with E-state index in [0.717, 1.165) is 60.9 Å². The van der Waals surface area contributed by atoms with Gasteiger partial charge in [-0.1, -0.05) is 19.1 Å². The predicted octanol–water partition coefficient (Wildman–Crippen LogP) is 7.39. The maximum atomic E-state index is 13.6. The van der Waals surface area contributed by atoms with E-state index in [0.29, 0.717) is 36.8 Å². The van der Waals surface area contributed by atoms with Crippen LogP contribution in [0.5, 0.6) is 23.1 Å². The van der Waals surface area contributed by atoms with E-state index in [2.05, 4.69) is 34.3 Å². The summed E-state index contributed by atoms with van der Waals surface area (Å²) in [5, 5.41) is 3.50. The van der Waals surface area contributed by atoms with Crippen molar-refractivity contribution in [3.05, 3.63) is 107 Å². The molecule has 0 radical (unpaired) electrons. The van der Waals surface area contributed by atoms with Crippen LogP contribution in [0.25, 0.3) is 10.9 Å². The van der Waals surface area contributed by atoms with Gasteiger partial charge in [0.1, 0.15) is 22.9 Å². The molecule has 3 aromatic carbocycles. The van der Waals surface area contributed by atoms with Gasteiger partial charge < -0.3 is 29.0 Å². The lowest BCUT2D eigenvalue weighted by molar-refractivity contribution is -0.137. The molecule has 0 bridgehead atoms. The molecule has 1 N–H and O–H groups in total. The van der Waals surface area contributed by atoms with E-state index < -0.39 is 17.6 Å². The largest absolute Gasteiger partial charge is 0.496 e. The molecule has 2 amide bonds. The molecule has 266 valence electrons. The molecule has 6 rings (SSSR count). The van der Waals surface area contributed by atoms with E-state index in [9.17, 15) is 22.8 Å². The average Bonchev–Trinajstić information content (AvgIpc) is 3.46. The number of nitrogens with one attached hydrogen (secondary N) is 1. The molecule has 0 aliphatic carbocycles. The van der Waals surface area contributed by atoms with Crippen molar-refractivity contribution >= 4 is 28.4 Å². The predicted molar refractivity (Wildman–Crippen MR) is 187 cm³/mol. The molecule has 1 aliphatic heterocycles. The number of methoxy groups -OCH3 is 1. The summed E-state index contributed by atoms with van der Waals surface area (Å²) in [7, 11) is 3.05. The Morgan fingerprint density at radius 2 is 1.65 bits per heavy atom. The molecule has 0 saturated carbocycles.